The van der Waals surface area contributed by atoms with Crippen LogP contribution in [0.4, 0.5) is 11.5 Å². The fourth-order valence-electron chi connectivity index (χ4n) is 2.63. The summed E-state index contributed by atoms with van der Waals surface area (Å²) < 4.78 is 10.4. The first kappa shape index (κ1) is 16.4. The first-order valence-electron chi connectivity index (χ1n) is 7.94. The number of hydrogen-bond donors (Lipinski definition) is 1. The highest BCUT2D eigenvalue weighted by atomic mass is 16.5. The molecule has 1 N–H and O–H groups in total. The molecule has 1 saturated heterocycles. The molecule has 6 heteroatoms. The summed E-state index contributed by atoms with van der Waals surface area (Å²) in [5, 5.41) is 2.82. The molecule has 0 atom stereocenters. The summed E-state index contributed by atoms with van der Waals surface area (Å²) in [5.74, 6) is 0.355. The SMILES string of the molecule is COCc1cccc(C(=O)Nc2ccc(N3CCOCC3)cn2)c1. The number of pyridine rings is 1. The summed E-state index contributed by atoms with van der Waals surface area (Å²) in [5.41, 5.74) is 2.59. The highest BCUT2D eigenvalue weighted by molar-refractivity contribution is 6.03. The van der Waals surface area contributed by atoms with Crippen LogP contribution in [0.25, 0.3) is 0 Å². The van der Waals surface area contributed by atoms with Crippen LogP contribution in [0.2, 0.25) is 0 Å². The van der Waals surface area contributed by atoms with Crippen LogP contribution in [0.3, 0.4) is 0 Å². The molecule has 2 aromatic rings. The summed E-state index contributed by atoms with van der Waals surface area (Å²) in [6.07, 6.45) is 1.78. The van der Waals surface area contributed by atoms with E-state index < -0.39 is 0 Å². The van der Waals surface area contributed by atoms with Gasteiger partial charge >= 0.3 is 0 Å². The fourth-order valence-corrected chi connectivity index (χ4v) is 2.63. The number of aromatic nitrogens is 1. The minimum atomic E-state index is -0.181. The molecule has 0 aliphatic carbocycles. The second kappa shape index (κ2) is 7.90. The number of methoxy groups -OCH3 is 1. The highest BCUT2D eigenvalue weighted by Gasteiger charge is 2.12. The Labute approximate surface area is 141 Å². The van der Waals surface area contributed by atoms with Gasteiger partial charge in [0.15, 0.2) is 0 Å². The zero-order chi connectivity index (χ0) is 16.8. The summed E-state index contributed by atoms with van der Waals surface area (Å²) >= 11 is 0. The van der Waals surface area contributed by atoms with Gasteiger partial charge in [0.2, 0.25) is 0 Å². The topological polar surface area (TPSA) is 63.7 Å². The number of morpholine rings is 1. The Bertz CT molecular complexity index is 682. The number of carbonyl (C=O) groups excluding carboxylic acids is 1. The molecule has 0 unspecified atom stereocenters. The van der Waals surface area contributed by atoms with Crippen molar-refractivity contribution in [1.29, 1.82) is 0 Å². The lowest BCUT2D eigenvalue weighted by Crippen LogP contribution is -2.36. The maximum atomic E-state index is 12.3. The first-order chi connectivity index (χ1) is 11.8. The number of nitrogens with one attached hydrogen (secondary N) is 1. The monoisotopic (exact) mass is 327 g/mol. The zero-order valence-electron chi connectivity index (χ0n) is 13.7. The van der Waals surface area contributed by atoms with E-state index in [9.17, 15) is 4.79 Å². The van der Waals surface area contributed by atoms with Gasteiger partial charge in [-0.05, 0) is 29.8 Å². The molecule has 1 aromatic heterocycles. The lowest BCUT2D eigenvalue weighted by molar-refractivity contribution is 0.102. The predicted molar refractivity (Wildman–Crippen MR) is 92.4 cm³/mol. The predicted octanol–water partition coefficient (Wildman–Crippen LogP) is 2.32. The van der Waals surface area contributed by atoms with E-state index in [1.54, 1.807) is 19.4 Å². The van der Waals surface area contributed by atoms with Gasteiger partial charge in [-0.25, -0.2) is 4.98 Å². The van der Waals surface area contributed by atoms with Crippen molar-refractivity contribution < 1.29 is 14.3 Å². The maximum absolute atomic E-state index is 12.3. The average Bonchev–Trinajstić information content (AvgIpc) is 2.64. The Morgan fingerprint density at radius 3 is 2.83 bits per heavy atom. The van der Waals surface area contributed by atoms with Crippen molar-refractivity contribution in [3.8, 4) is 0 Å². The average molecular weight is 327 g/mol. The lowest BCUT2D eigenvalue weighted by atomic mass is 10.1. The minimum Gasteiger partial charge on any atom is -0.380 e. The molecule has 6 nitrogen and oxygen atoms in total. The van der Waals surface area contributed by atoms with Crippen molar-refractivity contribution in [2.24, 2.45) is 0 Å². The fraction of sp³-hybridized carbons (Fsp3) is 0.333. The van der Waals surface area contributed by atoms with Crippen molar-refractivity contribution in [3.05, 3.63) is 53.7 Å². The molecule has 0 saturated carbocycles. The molecular weight excluding hydrogens is 306 g/mol. The summed E-state index contributed by atoms with van der Waals surface area (Å²) in [6.45, 7) is 3.67. The second-order valence-corrected chi connectivity index (χ2v) is 5.59. The molecule has 1 amide bonds. The van der Waals surface area contributed by atoms with E-state index in [-0.39, 0.29) is 5.91 Å². The van der Waals surface area contributed by atoms with Crippen LogP contribution in [0.1, 0.15) is 15.9 Å². The van der Waals surface area contributed by atoms with Gasteiger partial charge in [-0.15, -0.1) is 0 Å². The molecule has 1 aromatic carbocycles. The van der Waals surface area contributed by atoms with Gasteiger partial charge in [0.1, 0.15) is 5.82 Å². The van der Waals surface area contributed by atoms with E-state index in [0.29, 0.717) is 18.0 Å². The quantitative estimate of drug-likeness (QED) is 0.913. The smallest absolute Gasteiger partial charge is 0.256 e. The van der Waals surface area contributed by atoms with Crippen LogP contribution >= 0.6 is 0 Å². The van der Waals surface area contributed by atoms with Crippen molar-refractivity contribution in [2.45, 2.75) is 6.61 Å². The molecule has 0 spiro atoms. The van der Waals surface area contributed by atoms with Gasteiger partial charge in [-0.3, -0.25) is 4.79 Å². The summed E-state index contributed by atoms with van der Waals surface area (Å²) in [7, 11) is 1.63. The van der Waals surface area contributed by atoms with E-state index in [4.69, 9.17) is 9.47 Å². The second-order valence-electron chi connectivity index (χ2n) is 5.59. The van der Waals surface area contributed by atoms with Crippen LogP contribution in [-0.2, 0) is 16.1 Å². The van der Waals surface area contributed by atoms with Crippen molar-refractivity contribution in [3.63, 3.8) is 0 Å². The van der Waals surface area contributed by atoms with E-state index in [1.807, 2.05) is 30.3 Å². The van der Waals surface area contributed by atoms with E-state index in [1.165, 1.54) is 0 Å². The molecule has 1 aliphatic heterocycles. The van der Waals surface area contributed by atoms with Crippen LogP contribution in [0.5, 0.6) is 0 Å². The number of carbonyl (C=O) groups is 1. The first-order valence-corrected chi connectivity index (χ1v) is 7.94. The largest absolute Gasteiger partial charge is 0.380 e. The van der Waals surface area contributed by atoms with E-state index >= 15 is 0 Å². The number of ether oxygens (including phenoxy) is 2. The van der Waals surface area contributed by atoms with Crippen molar-refractivity contribution in [1.82, 2.24) is 4.98 Å². The maximum Gasteiger partial charge on any atom is 0.256 e. The van der Waals surface area contributed by atoms with Gasteiger partial charge in [0, 0.05) is 25.8 Å². The Kier molecular flexibility index (Phi) is 5.40. The molecular formula is C18H21N3O3. The Morgan fingerprint density at radius 2 is 2.12 bits per heavy atom. The molecule has 3 rings (SSSR count). The van der Waals surface area contributed by atoms with Gasteiger partial charge in [-0.1, -0.05) is 12.1 Å². The molecule has 126 valence electrons. The third-order valence-electron chi connectivity index (χ3n) is 3.87. The lowest BCUT2D eigenvalue weighted by Gasteiger charge is -2.28. The normalized spacial score (nSPS) is 14.5. The van der Waals surface area contributed by atoms with Crippen LogP contribution in [-0.4, -0.2) is 44.3 Å². The van der Waals surface area contributed by atoms with Gasteiger partial charge in [0.05, 0.1) is 31.7 Å². The molecule has 1 aliphatic rings. The minimum absolute atomic E-state index is 0.181. The molecule has 1 fully saturated rings. The molecule has 24 heavy (non-hydrogen) atoms. The van der Waals surface area contributed by atoms with Gasteiger partial charge in [0.25, 0.3) is 5.91 Å². The highest BCUT2D eigenvalue weighted by Crippen LogP contribution is 2.17. The molecule has 0 bridgehead atoms. The van der Waals surface area contributed by atoms with Crippen LogP contribution in [0, 0.1) is 0 Å². The van der Waals surface area contributed by atoms with Gasteiger partial charge < -0.3 is 19.7 Å². The summed E-state index contributed by atoms with van der Waals surface area (Å²) in [4.78, 5) is 18.9. The Hall–Kier alpha value is -2.44. The van der Waals surface area contributed by atoms with Crippen LogP contribution in [0.15, 0.2) is 42.6 Å². The number of amides is 1. The third-order valence-corrected chi connectivity index (χ3v) is 3.87. The van der Waals surface area contributed by atoms with Crippen molar-refractivity contribution in [2.75, 3.05) is 43.6 Å². The number of nitrogens with zero attached hydrogens (tertiary/aromatic N) is 2. The number of rotatable bonds is 5. The summed E-state index contributed by atoms with van der Waals surface area (Å²) in [6, 6.07) is 11.2. The molecule has 0 radical (unpaired) electrons. The van der Waals surface area contributed by atoms with E-state index in [2.05, 4.69) is 15.2 Å². The zero-order valence-corrected chi connectivity index (χ0v) is 13.7. The third kappa shape index (κ3) is 4.10. The number of benzene rings is 1. The standard InChI is InChI=1S/C18H21N3O3/c1-23-13-14-3-2-4-15(11-14)18(22)20-17-6-5-16(12-19-17)21-7-9-24-10-8-21/h2-6,11-12H,7-10,13H2,1H3,(H,19,20,22). The van der Waals surface area contributed by atoms with Crippen LogP contribution < -0.4 is 10.2 Å². The Balaban J connectivity index is 1.64. The Morgan fingerprint density at radius 1 is 1.29 bits per heavy atom. The van der Waals surface area contributed by atoms with Gasteiger partial charge in [-0.2, -0.15) is 0 Å². The van der Waals surface area contributed by atoms with Crippen molar-refractivity contribution >= 4 is 17.4 Å². The number of hydrogen-bond acceptors (Lipinski definition) is 5. The molecule has 2 heterocycles. The van der Waals surface area contributed by atoms with E-state index in [0.717, 1.165) is 37.6 Å². The number of anilines is 2.